The van der Waals surface area contributed by atoms with Crippen molar-refractivity contribution in [2.45, 2.75) is 37.9 Å². The third-order valence-corrected chi connectivity index (χ3v) is 3.07. The summed E-state index contributed by atoms with van der Waals surface area (Å²) >= 11 is 0. The predicted molar refractivity (Wildman–Crippen MR) is 65.9 cm³/mol. The van der Waals surface area contributed by atoms with Gasteiger partial charge in [-0.3, -0.25) is 4.68 Å². The molecule has 0 spiro atoms. The van der Waals surface area contributed by atoms with Crippen LogP contribution in [0.3, 0.4) is 0 Å². The highest BCUT2D eigenvalue weighted by atomic mass is 16.5. The van der Waals surface area contributed by atoms with Crippen molar-refractivity contribution in [3.63, 3.8) is 0 Å². The van der Waals surface area contributed by atoms with E-state index in [1.165, 1.54) is 12.8 Å². The molecule has 1 fully saturated rings. The molecule has 96 valence electrons. The van der Waals surface area contributed by atoms with Crippen LogP contribution in [0, 0.1) is 0 Å². The summed E-state index contributed by atoms with van der Waals surface area (Å²) in [6.45, 7) is 0.913. The van der Waals surface area contributed by atoms with Crippen LogP contribution in [-0.4, -0.2) is 40.2 Å². The van der Waals surface area contributed by atoms with Crippen LogP contribution >= 0.6 is 0 Å². The fourth-order valence-corrected chi connectivity index (χ4v) is 2.11. The average Bonchev–Trinajstić information content (AvgIpc) is 2.95. The van der Waals surface area contributed by atoms with E-state index in [0.29, 0.717) is 19.3 Å². The number of aryl methyl sites for hydroxylation is 1. The molecular weight excluding hydrogens is 218 g/mol. The van der Waals surface area contributed by atoms with Crippen molar-refractivity contribution in [1.82, 2.24) is 9.78 Å². The Morgan fingerprint density at radius 1 is 1.59 bits per heavy atom. The molecule has 1 aromatic heterocycles. The zero-order valence-electron chi connectivity index (χ0n) is 10.3. The van der Waals surface area contributed by atoms with Crippen molar-refractivity contribution in [2.75, 3.05) is 18.5 Å². The molecule has 1 aliphatic carbocycles. The molecule has 1 atom stereocenters. The zero-order chi connectivity index (χ0) is 12.1. The standard InChI is InChI=1S/C12H21N3O2/c1-15-8-10(6-14-15)13-7-11(16)9-17-12-4-2-3-5-12/h6,8,11-13,16H,2-5,7,9H2,1H3. The number of aromatic nitrogens is 2. The van der Waals surface area contributed by atoms with Crippen LogP contribution in [0.15, 0.2) is 12.4 Å². The van der Waals surface area contributed by atoms with Gasteiger partial charge < -0.3 is 15.2 Å². The van der Waals surface area contributed by atoms with Crippen LogP contribution in [0.25, 0.3) is 0 Å². The highest BCUT2D eigenvalue weighted by molar-refractivity contribution is 5.37. The molecule has 2 rings (SSSR count). The number of ether oxygens (including phenoxy) is 1. The zero-order valence-corrected chi connectivity index (χ0v) is 10.3. The first kappa shape index (κ1) is 12.4. The maximum atomic E-state index is 9.76. The van der Waals surface area contributed by atoms with Crippen molar-refractivity contribution in [3.05, 3.63) is 12.4 Å². The SMILES string of the molecule is Cn1cc(NCC(O)COC2CCCC2)cn1. The van der Waals surface area contributed by atoms with E-state index in [0.717, 1.165) is 18.5 Å². The summed E-state index contributed by atoms with van der Waals surface area (Å²) in [6.07, 6.45) is 8.32. The molecule has 1 saturated carbocycles. The number of hydrogen-bond acceptors (Lipinski definition) is 4. The summed E-state index contributed by atoms with van der Waals surface area (Å²) < 4.78 is 7.37. The Bertz CT molecular complexity index is 334. The molecule has 0 aromatic carbocycles. The molecule has 0 aliphatic heterocycles. The number of nitrogens with zero attached hydrogens (tertiary/aromatic N) is 2. The monoisotopic (exact) mass is 239 g/mol. The van der Waals surface area contributed by atoms with E-state index in [2.05, 4.69) is 10.4 Å². The fourth-order valence-electron chi connectivity index (χ4n) is 2.11. The van der Waals surface area contributed by atoms with Gasteiger partial charge in [-0.15, -0.1) is 0 Å². The lowest BCUT2D eigenvalue weighted by Gasteiger charge is -2.15. The first-order valence-electron chi connectivity index (χ1n) is 6.26. The van der Waals surface area contributed by atoms with Crippen LogP contribution in [0.5, 0.6) is 0 Å². The fraction of sp³-hybridized carbons (Fsp3) is 0.750. The molecule has 1 aromatic rings. The smallest absolute Gasteiger partial charge is 0.0945 e. The van der Waals surface area contributed by atoms with Gasteiger partial charge in [0.25, 0.3) is 0 Å². The molecule has 0 radical (unpaired) electrons. The van der Waals surface area contributed by atoms with E-state index >= 15 is 0 Å². The van der Waals surface area contributed by atoms with Crippen LogP contribution in [0.4, 0.5) is 5.69 Å². The second-order valence-electron chi connectivity index (χ2n) is 4.68. The predicted octanol–water partition coefficient (Wildman–Crippen LogP) is 1.15. The van der Waals surface area contributed by atoms with Gasteiger partial charge in [-0.1, -0.05) is 12.8 Å². The third-order valence-electron chi connectivity index (χ3n) is 3.07. The summed E-state index contributed by atoms with van der Waals surface area (Å²) in [5.41, 5.74) is 0.924. The van der Waals surface area contributed by atoms with Crippen molar-refractivity contribution in [2.24, 2.45) is 7.05 Å². The molecule has 0 bridgehead atoms. The summed E-state index contributed by atoms with van der Waals surface area (Å²) in [6, 6.07) is 0. The molecule has 17 heavy (non-hydrogen) atoms. The molecule has 1 heterocycles. The number of nitrogens with one attached hydrogen (secondary N) is 1. The maximum absolute atomic E-state index is 9.76. The summed E-state index contributed by atoms with van der Waals surface area (Å²) in [4.78, 5) is 0. The van der Waals surface area contributed by atoms with Gasteiger partial charge in [0.1, 0.15) is 0 Å². The molecule has 2 N–H and O–H groups in total. The van der Waals surface area contributed by atoms with Gasteiger partial charge >= 0.3 is 0 Å². The average molecular weight is 239 g/mol. The second-order valence-corrected chi connectivity index (χ2v) is 4.68. The van der Waals surface area contributed by atoms with Crippen molar-refractivity contribution >= 4 is 5.69 Å². The molecule has 1 unspecified atom stereocenters. The van der Waals surface area contributed by atoms with E-state index in [4.69, 9.17) is 4.74 Å². The van der Waals surface area contributed by atoms with Crippen LogP contribution in [0.1, 0.15) is 25.7 Å². The minimum absolute atomic E-state index is 0.364. The lowest BCUT2D eigenvalue weighted by molar-refractivity contribution is -0.00117. The first-order chi connectivity index (χ1) is 8.24. The van der Waals surface area contributed by atoms with Crippen molar-refractivity contribution < 1.29 is 9.84 Å². The lowest BCUT2D eigenvalue weighted by Crippen LogP contribution is -2.27. The molecule has 0 amide bonds. The number of anilines is 1. The molecule has 0 saturated heterocycles. The summed E-state index contributed by atoms with van der Waals surface area (Å²) in [5.74, 6) is 0. The van der Waals surface area contributed by atoms with E-state index in [1.807, 2.05) is 13.2 Å². The Morgan fingerprint density at radius 2 is 2.35 bits per heavy atom. The Hall–Kier alpha value is -1.07. The van der Waals surface area contributed by atoms with E-state index in [9.17, 15) is 5.11 Å². The molecular formula is C12H21N3O2. The number of hydrogen-bond donors (Lipinski definition) is 2. The number of aliphatic hydroxyl groups is 1. The summed E-state index contributed by atoms with van der Waals surface area (Å²) in [5, 5.41) is 16.9. The van der Waals surface area contributed by atoms with Crippen LogP contribution in [0.2, 0.25) is 0 Å². The van der Waals surface area contributed by atoms with Crippen molar-refractivity contribution in [1.29, 1.82) is 0 Å². The second kappa shape index (κ2) is 6.02. The minimum Gasteiger partial charge on any atom is -0.389 e. The quantitative estimate of drug-likeness (QED) is 0.782. The maximum Gasteiger partial charge on any atom is 0.0945 e. The molecule has 1 aliphatic rings. The van der Waals surface area contributed by atoms with E-state index in [1.54, 1.807) is 10.9 Å². The Labute approximate surface area is 102 Å². The molecule has 5 nitrogen and oxygen atoms in total. The van der Waals surface area contributed by atoms with Crippen LogP contribution in [-0.2, 0) is 11.8 Å². The van der Waals surface area contributed by atoms with Gasteiger partial charge in [-0.2, -0.15) is 5.10 Å². The van der Waals surface area contributed by atoms with E-state index in [-0.39, 0.29) is 0 Å². The largest absolute Gasteiger partial charge is 0.389 e. The topological polar surface area (TPSA) is 59.3 Å². The number of aliphatic hydroxyl groups excluding tert-OH is 1. The first-order valence-corrected chi connectivity index (χ1v) is 6.26. The Kier molecular flexibility index (Phi) is 4.39. The van der Waals surface area contributed by atoms with Gasteiger partial charge in [0.15, 0.2) is 0 Å². The normalized spacial score (nSPS) is 18.5. The van der Waals surface area contributed by atoms with Gasteiger partial charge in [0, 0.05) is 19.8 Å². The van der Waals surface area contributed by atoms with Gasteiger partial charge in [-0.05, 0) is 12.8 Å². The van der Waals surface area contributed by atoms with Gasteiger partial charge in [-0.25, -0.2) is 0 Å². The molecule has 5 heteroatoms. The number of rotatable bonds is 6. The Balaban J connectivity index is 1.61. The third kappa shape index (κ3) is 4.02. The van der Waals surface area contributed by atoms with E-state index < -0.39 is 6.10 Å². The lowest BCUT2D eigenvalue weighted by atomic mass is 10.3. The van der Waals surface area contributed by atoms with Crippen molar-refractivity contribution in [3.8, 4) is 0 Å². The summed E-state index contributed by atoms with van der Waals surface area (Å²) in [7, 11) is 1.87. The van der Waals surface area contributed by atoms with Crippen LogP contribution < -0.4 is 5.32 Å². The Morgan fingerprint density at radius 3 is 3.00 bits per heavy atom. The highest BCUT2D eigenvalue weighted by Gasteiger charge is 2.16. The van der Waals surface area contributed by atoms with Gasteiger partial charge in [0.2, 0.25) is 0 Å². The highest BCUT2D eigenvalue weighted by Crippen LogP contribution is 2.20. The van der Waals surface area contributed by atoms with Gasteiger partial charge in [0.05, 0.1) is 30.7 Å². The minimum atomic E-state index is -0.462.